The van der Waals surface area contributed by atoms with Crippen molar-refractivity contribution in [2.24, 2.45) is 0 Å². The fourth-order valence-electron chi connectivity index (χ4n) is 1.64. The number of rotatable bonds is 6. The zero-order valence-electron chi connectivity index (χ0n) is 13.9. The maximum Gasteiger partial charge on any atom is 0.269 e. The number of nitrogens with one attached hydrogen (secondary N) is 1. The van der Waals surface area contributed by atoms with Crippen LogP contribution in [0.4, 0.5) is 0 Å². The highest BCUT2D eigenvalue weighted by atomic mass is 16.5. The van der Waals surface area contributed by atoms with Crippen molar-refractivity contribution in [1.82, 2.24) is 10.2 Å². The molecule has 0 heterocycles. The number of benzene rings is 1. The van der Waals surface area contributed by atoms with E-state index in [9.17, 15) is 9.59 Å². The summed E-state index contributed by atoms with van der Waals surface area (Å²) >= 11 is 0. The SMILES string of the molecule is C=C(/C=C(/NC(=O)c1ccc(C)cc1)C(=O)N(C)C)O/C=C\C. The Morgan fingerprint density at radius 2 is 1.83 bits per heavy atom. The Balaban J connectivity index is 2.98. The van der Waals surface area contributed by atoms with E-state index >= 15 is 0 Å². The van der Waals surface area contributed by atoms with Crippen LogP contribution in [-0.4, -0.2) is 30.8 Å². The molecule has 0 aliphatic rings. The summed E-state index contributed by atoms with van der Waals surface area (Å²) in [6.45, 7) is 7.42. The number of amides is 2. The number of allylic oxidation sites excluding steroid dienone is 2. The number of aryl methyl sites for hydroxylation is 1. The zero-order chi connectivity index (χ0) is 17.4. The fourth-order valence-corrected chi connectivity index (χ4v) is 1.64. The van der Waals surface area contributed by atoms with E-state index in [-0.39, 0.29) is 23.3 Å². The molecule has 0 unspecified atom stereocenters. The van der Waals surface area contributed by atoms with E-state index in [1.165, 1.54) is 17.2 Å². The smallest absolute Gasteiger partial charge is 0.269 e. The molecular formula is C18H22N2O3. The van der Waals surface area contributed by atoms with Crippen LogP contribution in [-0.2, 0) is 9.53 Å². The second-order valence-electron chi connectivity index (χ2n) is 5.13. The number of nitrogens with zero attached hydrogens (tertiary/aromatic N) is 1. The summed E-state index contributed by atoms with van der Waals surface area (Å²) < 4.78 is 5.18. The minimum atomic E-state index is -0.370. The molecule has 1 N–H and O–H groups in total. The van der Waals surface area contributed by atoms with Crippen LogP contribution in [0.15, 0.2) is 60.7 Å². The van der Waals surface area contributed by atoms with Gasteiger partial charge in [0.15, 0.2) is 0 Å². The molecule has 0 radical (unpaired) electrons. The normalized spacial score (nSPS) is 11.2. The van der Waals surface area contributed by atoms with Gasteiger partial charge in [-0.05, 0) is 26.0 Å². The maximum absolute atomic E-state index is 12.3. The Labute approximate surface area is 136 Å². The van der Waals surface area contributed by atoms with Crippen LogP contribution in [0.1, 0.15) is 22.8 Å². The number of hydrogen-bond acceptors (Lipinski definition) is 3. The second-order valence-corrected chi connectivity index (χ2v) is 5.13. The molecule has 0 saturated heterocycles. The zero-order valence-corrected chi connectivity index (χ0v) is 13.9. The van der Waals surface area contributed by atoms with Crippen molar-refractivity contribution in [1.29, 1.82) is 0 Å². The highest BCUT2D eigenvalue weighted by Gasteiger charge is 2.16. The van der Waals surface area contributed by atoms with Gasteiger partial charge in [0.05, 0.1) is 6.26 Å². The van der Waals surface area contributed by atoms with Crippen LogP contribution in [0.25, 0.3) is 0 Å². The van der Waals surface area contributed by atoms with Gasteiger partial charge in [-0.15, -0.1) is 0 Å². The summed E-state index contributed by atoms with van der Waals surface area (Å²) in [6.07, 6.45) is 4.53. The van der Waals surface area contributed by atoms with Crippen molar-refractivity contribution in [3.8, 4) is 0 Å². The summed E-state index contributed by atoms with van der Waals surface area (Å²) in [5, 5.41) is 2.61. The van der Waals surface area contributed by atoms with E-state index in [4.69, 9.17) is 4.74 Å². The molecular weight excluding hydrogens is 292 g/mol. The van der Waals surface area contributed by atoms with Crippen LogP contribution in [0.3, 0.4) is 0 Å². The molecule has 1 aromatic carbocycles. The summed E-state index contributed by atoms with van der Waals surface area (Å²) in [7, 11) is 3.20. The van der Waals surface area contributed by atoms with E-state index in [1.54, 1.807) is 39.2 Å². The van der Waals surface area contributed by atoms with Gasteiger partial charge in [0.2, 0.25) is 0 Å². The molecule has 0 aromatic heterocycles. The van der Waals surface area contributed by atoms with Crippen molar-refractivity contribution in [3.63, 3.8) is 0 Å². The van der Waals surface area contributed by atoms with E-state index in [0.29, 0.717) is 5.56 Å². The van der Waals surface area contributed by atoms with Gasteiger partial charge >= 0.3 is 0 Å². The molecule has 5 heteroatoms. The first kappa shape index (κ1) is 18.2. The van der Waals surface area contributed by atoms with E-state index in [2.05, 4.69) is 11.9 Å². The van der Waals surface area contributed by atoms with E-state index < -0.39 is 0 Å². The highest BCUT2D eigenvalue weighted by Crippen LogP contribution is 2.07. The summed E-state index contributed by atoms with van der Waals surface area (Å²) in [5.74, 6) is -0.474. The standard InChI is InChI=1S/C18H22N2O3/c1-6-11-23-14(3)12-16(18(22)20(4)5)19-17(21)15-9-7-13(2)8-10-15/h6-12H,3H2,1-2,4-5H3,(H,19,21)/b11-6-,16-12+. The summed E-state index contributed by atoms with van der Waals surface area (Å²) in [4.78, 5) is 25.8. The average Bonchev–Trinajstić information content (AvgIpc) is 2.51. The van der Waals surface area contributed by atoms with Crippen LogP contribution in [0.2, 0.25) is 0 Å². The van der Waals surface area contributed by atoms with Crippen LogP contribution < -0.4 is 5.32 Å². The van der Waals surface area contributed by atoms with E-state index in [0.717, 1.165) is 5.56 Å². The van der Waals surface area contributed by atoms with Crippen molar-refractivity contribution in [3.05, 3.63) is 71.8 Å². The quantitative estimate of drug-likeness (QED) is 0.499. The Morgan fingerprint density at radius 3 is 2.35 bits per heavy atom. The van der Waals surface area contributed by atoms with Gasteiger partial charge in [0.25, 0.3) is 11.8 Å². The van der Waals surface area contributed by atoms with Crippen LogP contribution >= 0.6 is 0 Å². The minimum absolute atomic E-state index is 0.0927. The second kappa shape index (κ2) is 8.58. The Kier molecular flexibility index (Phi) is 6.80. The number of likely N-dealkylation sites (N-methyl/N-ethyl adjacent to an activating group) is 1. The summed E-state index contributed by atoms with van der Waals surface area (Å²) in [6, 6.07) is 7.07. The van der Waals surface area contributed by atoms with Gasteiger partial charge in [0.1, 0.15) is 11.5 Å². The monoisotopic (exact) mass is 314 g/mol. The van der Waals surface area contributed by atoms with E-state index in [1.807, 2.05) is 19.1 Å². The predicted octanol–water partition coefficient (Wildman–Crippen LogP) is 2.76. The Bertz CT molecular complexity index is 641. The number of carbonyl (C=O) groups is 2. The van der Waals surface area contributed by atoms with Gasteiger partial charge in [-0.3, -0.25) is 9.59 Å². The van der Waals surface area contributed by atoms with Crippen molar-refractivity contribution < 1.29 is 14.3 Å². The lowest BCUT2D eigenvalue weighted by atomic mass is 10.1. The number of ether oxygens (including phenoxy) is 1. The molecule has 0 saturated carbocycles. The molecule has 0 fully saturated rings. The number of hydrogen-bond donors (Lipinski definition) is 1. The predicted molar refractivity (Wildman–Crippen MR) is 90.5 cm³/mol. The lowest BCUT2D eigenvalue weighted by Crippen LogP contribution is -2.34. The molecule has 5 nitrogen and oxygen atoms in total. The van der Waals surface area contributed by atoms with Gasteiger partial charge in [-0.1, -0.05) is 30.4 Å². The molecule has 1 rings (SSSR count). The van der Waals surface area contributed by atoms with Crippen LogP contribution in [0.5, 0.6) is 0 Å². The lowest BCUT2D eigenvalue weighted by Gasteiger charge is -2.15. The molecule has 0 bridgehead atoms. The third kappa shape index (κ3) is 5.82. The Hall–Kier alpha value is -2.82. The molecule has 0 aliphatic carbocycles. The van der Waals surface area contributed by atoms with Crippen LogP contribution in [0, 0.1) is 6.92 Å². The molecule has 23 heavy (non-hydrogen) atoms. The molecule has 0 aliphatic heterocycles. The Morgan fingerprint density at radius 1 is 1.22 bits per heavy atom. The third-order valence-electron chi connectivity index (χ3n) is 2.86. The first-order valence-corrected chi connectivity index (χ1v) is 7.13. The minimum Gasteiger partial charge on any atom is -0.466 e. The third-order valence-corrected chi connectivity index (χ3v) is 2.86. The maximum atomic E-state index is 12.3. The molecule has 0 atom stereocenters. The molecule has 0 spiro atoms. The average molecular weight is 314 g/mol. The summed E-state index contributed by atoms with van der Waals surface area (Å²) in [5.41, 5.74) is 1.61. The molecule has 122 valence electrons. The fraction of sp³-hybridized carbons (Fsp3) is 0.222. The lowest BCUT2D eigenvalue weighted by molar-refractivity contribution is -0.125. The topological polar surface area (TPSA) is 58.6 Å². The van der Waals surface area contributed by atoms with Crippen molar-refractivity contribution in [2.75, 3.05) is 14.1 Å². The van der Waals surface area contributed by atoms with Crippen molar-refractivity contribution >= 4 is 11.8 Å². The van der Waals surface area contributed by atoms with Gasteiger partial charge in [-0.25, -0.2) is 0 Å². The first-order chi connectivity index (χ1) is 10.8. The van der Waals surface area contributed by atoms with Gasteiger partial charge < -0.3 is 15.0 Å². The largest absolute Gasteiger partial charge is 0.466 e. The molecule has 1 aromatic rings. The van der Waals surface area contributed by atoms with Crippen molar-refractivity contribution in [2.45, 2.75) is 13.8 Å². The molecule has 2 amide bonds. The van der Waals surface area contributed by atoms with Gasteiger partial charge in [0, 0.05) is 25.7 Å². The number of carbonyl (C=O) groups excluding carboxylic acids is 2. The highest BCUT2D eigenvalue weighted by molar-refractivity contribution is 6.02. The van der Waals surface area contributed by atoms with Gasteiger partial charge in [-0.2, -0.15) is 0 Å². The first-order valence-electron chi connectivity index (χ1n) is 7.13.